The molecule has 2 amide bonds. The molecule has 0 saturated heterocycles. The third-order valence-corrected chi connectivity index (χ3v) is 4.49. The summed E-state index contributed by atoms with van der Waals surface area (Å²) in [6.07, 6.45) is 0. The van der Waals surface area contributed by atoms with Crippen LogP contribution < -0.4 is 15.4 Å². The highest BCUT2D eigenvalue weighted by Gasteiger charge is 2.25. The molecule has 2 N–H and O–H groups in total. The molecule has 0 unspecified atom stereocenters. The molecule has 2 aromatic carbocycles. The van der Waals surface area contributed by atoms with Crippen LogP contribution in [0.1, 0.15) is 40.1 Å². The van der Waals surface area contributed by atoms with Crippen LogP contribution in [0.15, 0.2) is 42.5 Å². The summed E-state index contributed by atoms with van der Waals surface area (Å²) in [5.74, 6) is -0.620. The Hall–Kier alpha value is -3.35. The summed E-state index contributed by atoms with van der Waals surface area (Å²) in [6, 6.07) is 10.8. The van der Waals surface area contributed by atoms with Crippen molar-refractivity contribution in [2.24, 2.45) is 5.92 Å². The van der Waals surface area contributed by atoms with E-state index in [0.717, 1.165) is 0 Å². The molecule has 0 saturated carbocycles. The molecule has 2 aromatic rings. The molecule has 0 aliphatic rings. The Bertz CT molecular complexity index is 891. The average Bonchev–Trinajstić information content (AvgIpc) is 2.72. The number of aryl methyl sites for hydroxylation is 1. The van der Waals surface area contributed by atoms with Gasteiger partial charge < -0.3 is 20.1 Å². The van der Waals surface area contributed by atoms with Crippen molar-refractivity contribution < 1.29 is 23.9 Å². The van der Waals surface area contributed by atoms with Crippen molar-refractivity contribution in [1.29, 1.82) is 0 Å². The first-order valence-electron chi connectivity index (χ1n) is 9.21. The van der Waals surface area contributed by atoms with Gasteiger partial charge in [-0.1, -0.05) is 13.8 Å². The second kappa shape index (κ2) is 9.73. The zero-order valence-electron chi connectivity index (χ0n) is 17.2. The number of nitrogens with one attached hydrogen (secondary N) is 2. The average molecular weight is 398 g/mol. The summed E-state index contributed by atoms with van der Waals surface area (Å²) in [5, 5.41) is 5.61. The smallest absolute Gasteiger partial charge is 0.337 e. The van der Waals surface area contributed by atoms with Crippen molar-refractivity contribution in [2.45, 2.75) is 26.8 Å². The van der Waals surface area contributed by atoms with Crippen LogP contribution in [0.2, 0.25) is 0 Å². The molecule has 0 heterocycles. The standard InChI is InChI=1S/C22H26N2O5/c1-13(2)19(24-20(25)15-6-9-17(28-4)10-7-15)21(26)23-18-11-8-16(12-14(18)3)22(27)29-5/h6-13,19H,1-5H3,(H,23,26)(H,24,25)/t19-/m0/s1. The Balaban J connectivity index is 2.12. The summed E-state index contributed by atoms with van der Waals surface area (Å²) in [7, 11) is 2.86. The minimum absolute atomic E-state index is 0.133. The molecule has 29 heavy (non-hydrogen) atoms. The molecule has 0 aromatic heterocycles. The zero-order chi connectivity index (χ0) is 21.6. The van der Waals surface area contributed by atoms with Crippen LogP contribution in [-0.4, -0.2) is 38.0 Å². The second-order valence-electron chi connectivity index (χ2n) is 6.93. The lowest BCUT2D eigenvalue weighted by Gasteiger charge is -2.22. The van der Waals surface area contributed by atoms with Crippen LogP contribution in [0, 0.1) is 12.8 Å². The molecule has 0 fully saturated rings. The molecule has 154 valence electrons. The van der Waals surface area contributed by atoms with Crippen LogP contribution in [0.5, 0.6) is 5.75 Å². The lowest BCUT2D eigenvalue weighted by atomic mass is 10.0. The molecular weight excluding hydrogens is 372 g/mol. The van der Waals surface area contributed by atoms with Crippen LogP contribution in [-0.2, 0) is 9.53 Å². The first-order valence-corrected chi connectivity index (χ1v) is 9.21. The summed E-state index contributed by atoms with van der Waals surface area (Å²) >= 11 is 0. The van der Waals surface area contributed by atoms with Gasteiger partial charge in [0, 0.05) is 11.3 Å². The van der Waals surface area contributed by atoms with Crippen LogP contribution in [0.4, 0.5) is 5.69 Å². The minimum Gasteiger partial charge on any atom is -0.497 e. The number of methoxy groups -OCH3 is 2. The van der Waals surface area contributed by atoms with E-state index in [1.54, 1.807) is 56.5 Å². The molecule has 7 heteroatoms. The highest BCUT2D eigenvalue weighted by atomic mass is 16.5. The Morgan fingerprint density at radius 3 is 2.07 bits per heavy atom. The Kier molecular flexibility index (Phi) is 7.36. The van der Waals surface area contributed by atoms with Crippen LogP contribution in [0.25, 0.3) is 0 Å². The lowest BCUT2D eigenvalue weighted by molar-refractivity contribution is -0.118. The summed E-state index contributed by atoms with van der Waals surface area (Å²) in [4.78, 5) is 37.0. The lowest BCUT2D eigenvalue weighted by Crippen LogP contribution is -2.47. The number of benzene rings is 2. The van der Waals surface area contributed by atoms with Crippen molar-refractivity contribution in [3.05, 3.63) is 59.2 Å². The third kappa shape index (κ3) is 5.57. The molecule has 0 bridgehead atoms. The fourth-order valence-corrected chi connectivity index (χ4v) is 2.76. The van der Waals surface area contributed by atoms with E-state index in [9.17, 15) is 14.4 Å². The Morgan fingerprint density at radius 2 is 1.55 bits per heavy atom. The highest BCUT2D eigenvalue weighted by Crippen LogP contribution is 2.19. The molecular formula is C22H26N2O5. The summed E-state index contributed by atoms with van der Waals surface area (Å²) in [5.41, 5.74) is 2.11. The second-order valence-corrected chi connectivity index (χ2v) is 6.93. The Morgan fingerprint density at radius 1 is 0.931 bits per heavy atom. The van der Waals surface area contributed by atoms with Gasteiger partial charge in [-0.05, 0) is 60.9 Å². The van der Waals surface area contributed by atoms with Gasteiger partial charge in [0.25, 0.3) is 5.91 Å². The number of esters is 1. The molecule has 2 rings (SSSR count). The van der Waals surface area contributed by atoms with Gasteiger partial charge in [0.05, 0.1) is 19.8 Å². The Labute approximate surface area is 170 Å². The zero-order valence-corrected chi connectivity index (χ0v) is 17.2. The maximum atomic E-state index is 12.8. The van der Waals surface area contributed by atoms with Gasteiger partial charge in [0.2, 0.25) is 5.91 Å². The fraction of sp³-hybridized carbons (Fsp3) is 0.318. The summed E-state index contributed by atoms with van der Waals surface area (Å²) < 4.78 is 9.79. The molecule has 0 aliphatic carbocycles. The van der Waals surface area contributed by atoms with Gasteiger partial charge in [0.15, 0.2) is 0 Å². The number of ether oxygens (including phenoxy) is 2. The SMILES string of the molecule is COC(=O)c1ccc(NC(=O)[C@@H](NC(=O)c2ccc(OC)cc2)C(C)C)c(C)c1. The topological polar surface area (TPSA) is 93.7 Å². The minimum atomic E-state index is -0.732. The first-order chi connectivity index (χ1) is 13.8. The van der Waals surface area contributed by atoms with E-state index in [1.807, 2.05) is 13.8 Å². The number of carbonyl (C=O) groups excluding carboxylic acids is 3. The predicted octanol–water partition coefficient (Wildman–Crippen LogP) is 3.18. The normalized spacial score (nSPS) is 11.5. The van der Waals surface area contributed by atoms with E-state index >= 15 is 0 Å². The van der Waals surface area contributed by atoms with E-state index in [0.29, 0.717) is 28.1 Å². The van der Waals surface area contributed by atoms with Crippen molar-refractivity contribution in [1.82, 2.24) is 5.32 Å². The number of rotatable bonds is 7. The van der Waals surface area contributed by atoms with Gasteiger partial charge >= 0.3 is 5.97 Å². The molecule has 1 atom stereocenters. The maximum absolute atomic E-state index is 12.8. The van der Waals surface area contributed by atoms with Crippen molar-refractivity contribution in [3.8, 4) is 5.75 Å². The number of carbonyl (C=O) groups is 3. The van der Waals surface area contributed by atoms with Crippen molar-refractivity contribution in [3.63, 3.8) is 0 Å². The van der Waals surface area contributed by atoms with Gasteiger partial charge in [-0.25, -0.2) is 4.79 Å². The first kappa shape index (κ1) is 21.9. The number of amides is 2. The van der Waals surface area contributed by atoms with E-state index in [4.69, 9.17) is 9.47 Å². The van der Waals surface area contributed by atoms with E-state index in [2.05, 4.69) is 10.6 Å². The van der Waals surface area contributed by atoms with Gasteiger partial charge in [-0.15, -0.1) is 0 Å². The quantitative estimate of drug-likeness (QED) is 0.699. The van der Waals surface area contributed by atoms with E-state index in [-0.39, 0.29) is 17.7 Å². The number of hydrogen-bond acceptors (Lipinski definition) is 5. The molecule has 0 spiro atoms. The molecule has 7 nitrogen and oxygen atoms in total. The molecule has 0 radical (unpaired) electrons. The monoisotopic (exact) mass is 398 g/mol. The molecule has 0 aliphatic heterocycles. The van der Waals surface area contributed by atoms with Gasteiger partial charge in [-0.2, -0.15) is 0 Å². The van der Waals surface area contributed by atoms with Crippen LogP contribution >= 0.6 is 0 Å². The van der Waals surface area contributed by atoms with Crippen molar-refractivity contribution in [2.75, 3.05) is 19.5 Å². The summed E-state index contributed by atoms with van der Waals surface area (Å²) in [6.45, 7) is 5.49. The van der Waals surface area contributed by atoms with Gasteiger partial charge in [0.1, 0.15) is 11.8 Å². The third-order valence-electron chi connectivity index (χ3n) is 4.49. The largest absolute Gasteiger partial charge is 0.497 e. The predicted molar refractivity (Wildman–Crippen MR) is 110 cm³/mol. The fourth-order valence-electron chi connectivity index (χ4n) is 2.76. The number of hydrogen-bond donors (Lipinski definition) is 2. The van der Waals surface area contributed by atoms with Gasteiger partial charge in [-0.3, -0.25) is 9.59 Å². The van der Waals surface area contributed by atoms with E-state index in [1.165, 1.54) is 7.11 Å². The highest BCUT2D eigenvalue weighted by molar-refractivity contribution is 6.02. The van der Waals surface area contributed by atoms with Crippen molar-refractivity contribution >= 4 is 23.5 Å². The maximum Gasteiger partial charge on any atom is 0.337 e. The van der Waals surface area contributed by atoms with Crippen LogP contribution in [0.3, 0.4) is 0 Å². The number of anilines is 1. The van der Waals surface area contributed by atoms with E-state index < -0.39 is 12.0 Å².